The molecule has 2 rings (SSSR count). The average molecular weight is 339 g/mol. The van der Waals surface area contributed by atoms with E-state index < -0.39 is 0 Å². The molecule has 0 fully saturated rings. The molecular weight excluding hydrogens is 314 g/mol. The average Bonchev–Trinajstić information content (AvgIpc) is 2.64. The smallest absolute Gasteiger partial charge is 0.315 e. The minimum absolute atomic E-state index is 0.0135. The number of benzene rings is 2. The van der Waals surface area contributed by atoms with Crippen molar-refractivity contribution in [2.24, 2.45) is 0 Å². The number of amides is 3. The number of hydrogen-bond donors (Lipinski definition) is 2. The first-order chi connectivity index (χ1) is 12.1. The zero-order chi connectivity index (χ0) is 18.1. The molecule has 2 aromatic carbocycles. The Morgan fingerprint density at radius 1 is 0.920 bits per heavy atom. The maximum atomic E-state index is 12.3. The molecule has 0 aliphatic carbocycles. The lowest BCUT2D eigenvalue weighted by Crippen LogP contribution is -2.43. The molecule has 0 aliphatic rings. The molecule has 0 unspecified atom stereocenters. The van der Waals surface area contributed by atoms with Gasteiger partial charge in [-0.05, 0) is 25.0 Å². The fourth-order valence-electron chi connectivity index (χ4n) is 2.40. The molecule has 2 N–H and O–H groups in total. The third-order valence-electron chi connectivity index (χ3n) is 3.92. The summed E-state index contributed by atoms with van der Waals surface area (Å²) in [6.07, 6.45) is 0. The summed E-state index contributed by atoms with van der Waals surface area (Å²) < 4.78 is 0. The standard InChI is InChI=1S/C20H25N3O2/c1-3-23(15-18-7-5-4-6-8-18)19(24)14-22-20(25)21-13-17-11-9-16(2)10-12-17/h4-12H,3,13-15H2,1-2H3,(H2,21,22,25). The fraction of sp³-hybridized carbons (Fsp3) is 0.300. The Hall–Kier alpha value is -2.82. The highest BCUT2D eigenvalue weighted by atomic mass is 16.2. The van der Waals surface area contributed by atoms with E-state index in [0.717, 1.165) is 11.1 Å². The third kappa shape index (κ3) is 6.30. The van der Waals surface area contributed by atoms with Crippen LogP contribution in [0, 0.1) is 6.92 Å². The van der Waals surface area contributed by atoms with Gasteiger partial charge in [-0.2, -0.15) is 0 Å². The van der Waals surface area contributed by atoms with Crippen molar-refractivity contribution in [3.05, 3.63) is 71.3 Å². The summed E-state index contributed by atoms with van der Waals surface area (Å²) in [5.41, 5.74) is 3.27. The molecule has 132 valence electrons. The highest BCUT2D eigenvalue weighted by molar-refractivity contribution is 5.83. The van der Waals surface area contributed by atoms with Crippen LogP contribution in [0.2, 0.25) is 0 Å². The van der Waals surface area contributed by atoms with E-state index in [1.54, 1.807) is 4.90 Å². The molecule has 0 saturated heterocycles. The van der Waals surface area contributed by atoms with Crippen LogP contribution in [0.15, 0.2) is 54.6 Å². The van der Waals surface area contributed by atoms with Crippen molar-refractivity contribution in [1.29, 1.82) is 0 Å². The number of rotatable bonds is 7. The fourth-order valence-corrected chi connectivity index (χ4v) is 2.40. The van der Waals surface area contributed by atoms with Crippen molar-refractivity contribution in [3.63, 3.8) is 0 Å². The molecular formula is C20H25N3O2. The van der Waals surface area contributed by atoms with Gasteiger partial charge in [-0.1, -0.05) is 60.2 Å². The van der Waals surface area contributed by atoms with E-state index in [4.69, 9.17) is 0 Å². The van der Waals surface area contributed by atoms with Crippen LogP contribution in [-0.2, 0) is 17.9 Å². The van der Waals surface area contributed by atoms with Crippen LogP contribution in [0.1, 0.15) is 23.6 Å². The summed E-state index contributed by atoms with van der Waals surface area (Å²) >= 11 is 0. The van der Waals surface area contributed by atoms with Gasteiger partial charge in [0.15, 0.2) is 0 Å². The second kappa shape index (κ2) is 9.47. The largest absolute Gasteiger partial charge is 0.337 e. The molecule has 0 spiro atoms. The Kier molecular flexibility index (Phi) is 7.01. The van der Waals surface area contributed by atoms with E-state index >= 15 is 0 Å². The Labute approximate surface area is 149 Å². The maximum absolute atomic E-state index is 12.3. The predicted octanol–water partition coefficient (Wildman–Crippen LogP) is 2.84. The van der Waals surface area contributed by atoms with Crippen LogP contribution < -0.4 is 10.6 Å². The van der Waals surface area contributed by atoms with Crippen molar-refractivity contribution >= 4 is 11.9 Å². The van der Waals surface area contributed by atoms with E-state index in [1.807, 2.05) is 68.4 Å². The van der Waals surface area contributed by atoms with Gasteiger partial charge in [-0.25, -0.2) is 4.79 Å². The number of nitrogens with zero attached hydrogens (tertiary/aromatic N) is 1. The summed E-state index contributed by atoms with van der Waals surface area (Å²) in [7, 11) is 0. The van der Waals surface area contributed by atoms with E-state index in [1.165, 1.54) is 5.56 Å². The maximum Gasteiger partial charge on any atom is 0.315 e. The monoisotopic (exact) mass is 339 g/mol. The minimum atomic E-state index is -0.343. The normalized spacial score (nSPS) is 10.2. The molecule has 0 aromatic heterocycles. The van der Waals surface area contributed by atoms with Gasteiger partial charge in [0.05, 0.1) is 6.54 Å². The van der Waals surface area contributed by atoms with Crippen molar-refractivity contribution in [2.45, 2.75) is 26.9 Å². The van der Waals surface area contributed by atoms with Gasteiger partial charge >= 0.3 is 6.03 Å². The summed E-state index contributed by atoms with van der Waals surface area (Å²) in [6.45, 7) is 5.51. The van der Waals surface area contributed by atoms with Gasteiger partial charge in [0.2, 0.25) is 5.91 Å². The number of aryl methyl sites for hydroxylation is 1. The molecule has 0 saturated carbocycles. The summed E-state index contributed by atoms with van der Waals surface area (Å²) in [5, 5.41) is 5.38. The van der Waals surface area contributed by atoms with Crippen molar-refractivity contribution < 1.29 is 9.59 Å². The van der Waals surface area contributed by atoms with E-state index in [0.29, 0.717) is 19.6 Å². The van der Waals surface area contributed by atoms with Gasteiger partial charge in [-0.3, -0.25) is 4.79 Å². The Morgan fingerprint density at radius 3 is 2.24 bits per heavy atom. The lowest BCUT2D eigenvalue weighted by Gasteiger charge is -2.21. The molecule has 5 heteroatoms. The van der Waals surface area contributed by atoms with Crippen LogP contribution in [0.3, 0.4) is 0 Å². The molecule has 5 nitrogen and oxygen atoms in total. The van der Waals surface area contributed by atoms with Gasteiger partial charge in [0.25, 0.3) is 0 Å². The number of urea groups is 1. The molecule has 0 bridgehead atoms. The van der Waals surface area contributed by atoms with Gasteiger partial charge in [-0.15, -0.1) is 0 Å². The predicted molar refractivity (Wildman–Crippen MR) is 99.0 cm³/mol. The van der Waals surface area contributed by atoms with Crippen LogP contribution in [0.4, 0.5) is 4.79 Å². The van der Waals surface area contributed by atoms with Crippen LogP contribution in [-0.4, -0.2) is 29.9 Å². The highest BCUT2D eigenvalue weighted by Crippen LogP contribution is 2.04. The van der Waals surface area contributed by atoms with Gasteiger partial charge in [0, 0.05) is 19.6 Å². The summed E-state index contributed by atoms with van der Waals surface area (Å²) in [4.78, 5) is 25.9. The van der Waals surface area contributed by atoms with Gasteiger partial charge in [0.1, 0.15) is 0 Å². The van der Waals surface area contributed by atoms with E-state index in [2.05, 4.69) is 10.6 Å². The number of likely N-dealkylation sites (N-methyl/N-ethyl adjacent to an activating group) is 1. The second-order valence-electron chi connectivity index (χ2n) is 5.92. The SMILES string of the molecule is CCN(Cc1ccccc1)C(=O)CNC(=O)NCc1ccc(C)cc1. The van der Waals surface area contributed by atoms with Gasteiger partial charge < -0.3 is 15.5 Å². The molecule has 25 heavy (non-hydrogen) atoms. The van der Waals surface area contributed by atoms with Crippen molar-refractivity contribution in [1.82, 2.24) is 15.5 Å². The Bertz CT molecular complexity index is 684. The van der Waals surface area contributed by atoms with Crippen LogP contribution in [0.25, 0.3) is 0 Å². The summed E-state index contributed by atoms with van der Waals surface area (Å²) in [6, 6.07) is 17.4. The zero-order valence-corrected chi connectivity index (χ0v) is 14.8. The molecule has 3 amide bonds. The number of carbonyl (C=O) groups excluding carboxylic acids is 2. The molecule has 0 aliphatic heterocycles. The number of nitrogens with one attached hydrogen (secondary N) is 2. The lowest BCUT2D eigenvalue weighted by molar-refractivity contribution is -0.130. The Morgan fingerprint density at radius 2 is 1.60 bits per heavy atom. The van der Waals surface area contributed by atoms with E-state index in [-0.39, 0.29) is 18.5 Å². The Balaban J connectivity index is 1.75. The minimum Gasteiger partial charge on any atom is -0.337 e. The molecule has 0 atom stereocenters. The lowest BCUT2D eigenvalue weighted by atomic mass is 10.1. The number of hydrogen-bond acceptors (Lipinski definition) is 2. The zero-order valence-electron chi connectivity index (χ0n) is 14.8. The highest BCUT2D eigenvalue weighted by Gasteiger charge is 2.13. The first kappa shape index (κ1) is 18.5. The van der Waals surface area contributed by atoms with Crippen LogP contribution in [0.5, 0.6) is 0 Å². The summed E-state index contributed by atoms with van der Waals surface area (Å²) in [5.74, 6) is -0.100. The first-order valence-corrected chi connectivity index (χ1v) is 8.47. The topological polar surface area (TPSA) is 61.4 Å². The molecule has 2 aromatic rings. The first-order valence-electron chi connectivity index (χ1n) is 8.47. The van der Waals surface area contributed by atoms with E-state index in [9.17, 15) is 9.59 Å². The van der Waals surface area contributed by atoms with Crippen LogP contribution >= 0.6 is 0 Å². The second-order valence-corrected chi connectivity index (χ2v) is 5.92. The van der Waals surface area contributed by atoms with Crippen molar-refractivity contribution in [2.75, 3.05) is 13.1 Å². The molecule has 0 radical (unpaired) electrons. The molecule has 0 heterocycles. The van der Waals surface area contributed by atoms with Crippen molar-refractivity contribution in [3.8, 4) is 0 Å². The third-order valence-corrected chi connectivity index (χ3v) is 3.92. The number of carbonyl (C=O) groups is 2. The quantitative estimate of drug-likeness (QED) is 0.815.